The van der Waals surface area contributed by atoms with Gasteiger partial charge in [0.25, 0.3) is 0 Å². The average Bonchev–Trinajstić information content (AvgIpc) is 3.07. The lowest BCUT2D eigenvalue weighted by molar-refractivity contribution is -0.117. The fourth-order valence-corrected chi connectivity index (χ4v) is 4.17. The third-order valence-electron chi connectivity index (χ3n) is 5.86. The van der Waals surface area contributed by atoms with Crippen molar-refractivity contribution in [1.29, 1.82) is 5.41 Å². The van der Waals surface area contributed by atoms with E-state index < -0.39 is 0 Å². The molecule has 0 unspecified atom stereocenters. The Kier molecular flexibility index (Phi) is 5.96. The standard InChI is InChI=1S/C26H27N5O2/c1-18-17-20(31-24(33)11-14-26(31,2)3)9-10-22(18)30-16-13-23(32)25(29-30)21(12-15-27)28-19-7-5-4-6-8-19/h4-10,12-13,15-17,27-28H,11,14H2,1-3H3/b21-12-,27-15?. The highest BCUT2D eigenvalue weighted by molar-refractivity contribution is 5.97. The predicted octanol–water partition coefficient (Wildman–Crippen LogP) is 4.55. The van der Waals surface area contributed by atoms with Gasteiger partial charge >= 0.3 is 0 Å². The van der Waals surface area contributed by atoms with Gasteiger partial charge in [-0.15, -0.1) is 0 Å². The van der Waals surface area contributed by atoms with Crippen molar-refractivity contribution >= 4 is 29.2 Å². The highest BCUT2D eigenvalue weighted by Gasteiger charge is 2.38. The van der Waals surface area contributed by atoms with Crippen molar-refractivity contribution < 1.29 is 4.79 Å². The molecule has 7 nitrogen and oxygen atoms in total. The summed E-state index contributed by atoms with van der Waals surface area (Å²) in [5.74, 6) is 0.129. The van der Waals surface area contributed by atoms with Crippen LogP contribution in [0.1, 0.15) is 37.9 Å². The number of anilines is 2. The average molecular weight is 442 g/mol. The maximum absolute atomic E-state index is 12.7. The summed E-state index contributed by atoms with van der Waals surface area (Å²) in [6.07, 6.45) is 5.64. The van der Waals surface area contributed by atoms with Crippen LogP contribution in [0.15, 0.2) is 71.7 Å². The van der Waals surface area contributed by atoms with Crippen LogP contribution in [0.5, 0.6) is 0 Å². The monoisotopic (exact) mass is 441 g/mol. The van der Waals surface area contributed by atoms with Crippen LogP contribution in [0.25, 0.3) is 11.4 Å². The van der Waals surface area contributed by atoms with E-state index in [-0.39, 0.29) is 22.6 Å². The highest BCUT2D eigenvalue weighted by Crippen LogP contribution is 2.35. The number of aromatic nitrogens is 2. The number of aryl methyl sites for hydroxylation is 1. The number of allylic oxidation sites excluding steroid dienone is 1. The molecule has 1 aliphatic rings. The second-order valence-corrected chi connectivity index (χ2v) is 8.72. The molecule has 33 heavy (non-hydrogen) atoms. The van der Waals surface area contributed by atoms with E-state index in [1.54, 1.807) is 10.9 Å². The van der Waals surface area contributed by atoms with Crippen molar-refractivity contribution in [2.24, 2.45) is 0 Å². The molecule has 0 spiro atoms. The summed E-state index contributed by atoms with van der Waals surface area (Å²) in [7, 11) is 0. The number of para-hydroxylation sites is 1. The molecular weight excluding hydrogens is 414 g/mol. The summed E-state index contributed by atoms with van der Waals surface area (Å²) >= 11 is 0. The van der Waals surface area contributed by atoms with E-state index >= 15 is 0 Å². The largest absolute Gasteiger partial charge is 0.354 e. The maximum Gasteiger partial charge on any atom is 0.227 e. The number of benzene rings is 2. The zero-order valence-corrected chi connectivity index (χ0v) is 19.0. The van der Waals surface area contributed by atoms with Gasteiger partial charge < -0.3 is 15.6 Å². The Hall–Kier alpha value is -4.00. The quantitative estimate of drug-likeness (QED) is 0.549. The number of hydrogen-bond acceptors (Lipinski definition) is 5. The molecule has 1 aliphatic heterocycles. The van der Waals surface area contributed by atoms with Crippen LogP contribution in [0.2, 0.25) is 0 Å². The molecule has 0 aliphatic carbocycles. The lowest BCUT2D eigenvalue weighted by atomic mass is 10.0. The van der Waals surface area contributed by atoms with E-state index in [4.69, 9.17) is 5.41 Å². The summed E-state index contributed by atoms with van der Waals surface area (Å²) in [6.45, 7) is 6.11. The Labute approximate surface area is 192 Å². The molecule has 0 bridgehead atoms. The molecule has 0 saturated carbocycles. The Morgan fingerprint density at radius 3 is 2.52 bits per heavy atom. The lowest BCUT2D eigenvalue weighted by Crippen LogP contribution is -2.40. The first-order valence-corrected chi connectivity index (χ1v) is 10.9. The molecule has 1 aromatic heterocycles. The molecule has 1 saturated heterocycles. The van der Waals surface area contributed by atoms with Crippen LogP contribution < -0.4 is 15.6 Å². The van der Waals surface area contributed by atoms with Crippen LogP contribution in [-0.4, -0.2) is 27.4 Å². The number of carbonyl (C=O) groups excluding carboxylic acids is 1. The van der Waals surface area contributed by atoms with E-state index in [0.717, 1.165) is 35.3 Å². The first-order valence-electron chi connectivity index (χ1n) is 10.9. The van der Waals surface area contributed by atoms with Crippen LogP contribution >= 0.6 is 0 Å². The fourth-order valence-electron chi connectivity index (χ4n) is 4.17. The summed E-state index contributed by atoms with van der Waals surface area (Å²) in [5, 5.41) is 15.3. The normalized spacial score (nSPS) is 15.5. The lowest BCUT2D eigenvalue weighted by Gasteiger charge is -2.32. The van der Waals surface area contributed by atoms with Gasteiger partial charge in [0.1, 0.15) is 0 Å². The van der Waals surface area contributed by atoms with Gasteiger partial charge in [-0.25, -0.2) is 4.68 Å². The molecule has 1 fully saturated rings. The van der Waals surface area contributed by atoms with Crippen molar-refractivity contribution in [2.45, 2.75) is 39.2 Å². The second kappa shape index (κ2) is 8.86. The first kappa shape index (κ1) is 22.2. The molecule has 2 N–H and O–H groups in total. The zero-order chi connectivity index (χ0) is 23.6. The summed E-state index contributed by atoms with van der Waals surface area (Å²) in [6, 6.07) is 16.7. The maximum atomic E-state index is 12.7. The smallest absolute Gasteiger partial charge is 0.227 e. The molecule has 1 amide bonds. The van der Waals surface area contributed by atoms with Crippen LogP contribution in [0, 0.1) is 12.3 Å². The van der Waals surface area contributed by atoms with E-state index in [9.17, 15) is 9.59 Å². The summed E-state index contributed by atoms with van der Waals surface area (Å²) < 4.78 is 1.65. The molecule has 168 valence electrons. The Morgan fingerprint density at radius 1 is 1.12 bits per heavy atom. The van der Waals surface area contributed by atoms with Gasteiger partial charge in [0.05, 0.1) is 11.4 Å². The van der Waals surface area contributed by atoms with Gasteiger partial charge in [-0.1, -0.05) is 18.2 Å². The molecule has 3 aromatic rings. The Balaban J connectivity index is 1.71. The number of nitrogens with one attached hydrogen (secondary N) is 2. The van der Waals surface area contributed by atoms with Gasteiger partial charge in [0.2, 0.25) is 11.3 Å². The van der Waals surface area contributed by atoms with Gasteiger partial charge in [0.15, 0.2) is 5.69 Å². The minimum atomic E-state index is -0.249. The van der Waals surface area contributed by atoms with Crippen molar-refractivity contribution in [3.05, 3.63) is 88.4 Å². The molecular formula is C26H27N5O2. The van der Waals surface area contributed by atoms with E-state index in [2.05, 4.69) is 24.3 Å². The molecule has 2 heterocycles. The van der Waals surface area contributed by atoms with Gasteiger partial charge in [-0.05, 0) is 69.2 Å². The van der Waals surface area contributed by atoms with Crippen LogP contribution in [-0.2, 0) is 4.79 Å². The topological polar surface area (TPSA) is 91.1 Å². The molecule has 7 heteroatoms. The van der Waals surface area contributed by atoms with Gasteiger partial charge in [0, 0.05) is 41.8 Å². The van der Waals surface area contributed by atoms with E-state index in [1.807, 2.05) is 60.4 Å². The second-order valence-electron chi connectivity index (χ2n) is 8.72. The SMILES string of the molecule is Cc1cc(N2C(=O)CCC2(C)C)ccc1-n1ccc(=O)c(/C(=C/C=N)Nc2ccccc2)n1. The molecule has 0 atom stereocenters. The van der Waals surface area contributed by atoms with Crippen molar-refractivity contribution in [3.8, 4) is 5.69 Å². The minimum absolute atomic E-state index is 0.129. The van der Waals surface area contributed by atoms with Crippen LogP contribution in [0.3, 0.4) is 0 Å². The van der Waals surface area contributed by atoms with Gasteiger partial charge in [-0.3, -0.25) is 9.59 Å². The Bertz CT molecular complexity index is 1290. The zero-order valence-electron chi connectivity index (χ0n) is 19.0. The third-order valence-corrected chi connectivity index (χ3v) is 5.86. The number of rotatable bonds is 6. The van der Waals surface area contributed by atoms with Crippen molar-refractivity contribution in [1.82, 2.24) is 9.78 Å². The predicted molar refractivity (Wildman–Crippen MR) is 132 cm³/mol. The summed E-state index contributed by atoms with van der Waals surface area (Å²) in [4.78, 5) is 27.0. The molecule has 0 radical (unpaired) electrons. The van der Waals surface area contributed by atoms with Crippen molar-refractivity contribution in [3.63, 3.8) is 0 Å². The third kappa shape index (κ3) is 4.48. The minimum Gasteiger partial charge on any atom is -0.354 e. The Morgan fingerprint density at radius 2 is 1.88 bits per heavy atom. The van der Waals surface area contributed by atoms with Crippen LogP contribution in [0.4, 0.5) is 11.4 Å². The number of carbonyl (C=O) groups is 1. The first-order chi connectivity index (χ1) is 15.8. The van der Waals surface area contributed by atoms with E-state index in [1.165, 1.54) is 12.1 Å². The fraction of sp³-hybridized carbons (Fsp3) is 0.231. The highest BCUT2D eigenvalue weighted by atomic mass is 16.2. The molecule has 4 rings (SSSR count). The number of amides is 1. The van der Waals surface area contributed by atoms with E-state index in [0.29, 0.717) is 12.1 Å². The number of hydrogen-bond donors (Lipinski definition) is 2. The van der Waals surface area contributed by atoms with Crippen molar-refractivity contribution in [2.75, 3.05) is 10.2 Å². The molecule has 2 aromatic carbocycles. The summed E-state index contributed by atoms with van der Waals surface area (Å²) in [5.41, 5.74) is 3.57. The van der Waals surface area contributed by atoms with Gasteiger partial charge in [-0.2, -0.15) is 5.10 Å². The number of nitrogens with zero attached hydrogens (tertiary/aromatic N) is 3.